The average molecular weight is 292 g/mol. The Morgan fingerprint density at radius 2 is 2.20 bits per heavy atom. The molecule has 0 bridgehead atoms. The summed E-state index contributed by atoms with van der Waals surface area (Å²) in [7, 11) is 0. The molecule has 0 aliphatic rings. The van der Waals surface area contributed by atoms with E-state index < -0.39 is 0 Å². The van der Waals surface area contributed by atoms with Gasteiger partial charge in [0.15, 0.2) is 12.0 Å². The van der Waals surface area contributed by atoms with Crippen molar-refractivity contribution in [2.24, 2.45) is 0 Å². The van der Waals surface area contributed by atoms with Gasteiger partial charge < -0.3 is 9.09 Å². The van der Waals surface area contributed by atoms with Gasteiger partial charge in [0.05, 0.1) is 0 Å². The molecule has 0 atom stereocenters. The minimum Gasteiger partial charge on any atom is -0.340 e. The number of nitrogens with zero attached hydrogens (tertiary/aromatic N) is 5. The lowest BCUT2D eigenvalue weighted by atomic mass is 10.3. The summed E-state index contributed by atoms with van der Waals surface area (Å²) in [6, 6.07) is 2.03. The van der Waals surface area contributed by atoms with Crippen molar-refractivity contribution >= 4 is 22.8 Å². The van der Waals surface area contributed by atoms with Crippen molar-refractivity contribution in [1.82, 2.24) is 24.7 Å². The number of aryl methyl sites for hydroxylation is 4. The number of alkyl halides is 1. The van der Waals surface area contributed by atoms with Gasteiger partial charge in [-0.15, -0.1) is 11.6 Å². The van der Waals surface area contributed by atoms with Crippen LogP contribution in [-0.4, -0.2) is 30.6 Å². The molecule has 6 nitrogen and oxygen atoms in total. The summed E-state index contributed by atoms with van der Waals surface area (Å²) < 4.78 is 7.09. The number of halogens is 1. The molecular weight excluding hydrogens is 278 g/mol. The molecule has 0 N–H and O–H groups in total. The van der Waals surface area contributed by atoms with Crippen LogP contribution in [0, 0.1) is 6.92 Å². The third-order valence-corrected chi connectivity index (χ3v) is 3.26. The number of rotatable bonds is 5. The average Bonchev–Trinajstić information content (AvgIpc) is 3.04. The predicted molar refractivity (Wildman–Crippen MR) is 74.7 cm³/mol. The van der Waals surface area contributed by atoms with E-state index in [-0.39, 0.29) is 0 Å². The van der Waals surface area contributed by atoms with E-state index in [9.17, 15) is 0 Å². The van der Waals surface area contributed by atoms with Crippen LogP contribution >= 0.6 is 11.6 Å². The Hall–Kier alpha value is -1.95. The van der Waals surface area contributed by atoms with Crippen LogP contribution in [-0.2, 0) is 19.4 Å². The van der Waals surface area contributed by atoms with Gasteiger partial charge in [-0.05, 0) is 18.6 Å². The molecule has 3 aromatic heterocycles. The summed E-state index contributed by atoms with van der Waals surface area (Å²) in [5.41, 5.74) is 2.86. The molecule has 0 saturated carbocycles. The molecule has 0 fully saturated rings. The number of pyridine rings is 1. The summed E-state index contributed by atoms with van der Waals surface area (Å²) >= 11 is 5.85. The topological polar surface area (TPSA) is 69.6 Å². The second kappa shape index (κ2) is 5.58. The quantitative estimate of drug-likeness (QED) is 0.674. The first-order valence-corrected chi connectivity index (χ1v) is 6.94. The normalized spacial score (nSPS) is 11.3. The van der Waals surface area contributed by atoms with E-state index in [0.29, 0.717) is 31.2 Å². The Bertz CT molecular complexity index is 707. The molecule has 0 aliphatic heterocycles. The second-order valence-corrected chi connectivity index (χ2v) is 4.94. The summed E-state index contributed by atoms with van der Waals surface area (Å²) in [6.07, 6.45) is 4.61. The lowest BCUT2D eigenvalue weighted by Crippen LogP contribution is -2.08. The first kappa shape index (κ1) is 13.1. The summed E-state index contributed by atoms with van der Waals surface area (Å²) in [6.45, 7) is 2.70. The van der Waals surface area contributed by atoms with E-state index in [0.717, 1.165) is 22.6 Å². The molecule has 0 radical (unpaired) electrons. The minimum atomic E-state index is 0.531. The van der Waals surface area contributed by atoms with Crippen LogP contribution in [0.3, 0.4) is 0 Å². The molecule has 3 heterocycles. The zero-order valence-electron chi connectivity index (χ0n) is 11.1. The van der Waals surface area contributed by atoms with Crippen LogP contribution in [0.5, 0.6) is 0 Å². The Balaban J connectivity index is 1.95. The van der Waals surface area contributed by atoms with Crippen molar-refractivity contribution in [3.8, 4) is 0 Å². The SMILES string of the molecule is Cc1cnc2c(c1)nc(CCCl)n2CCc1ncno1. The van der Waals surface area contributed by atoms with Gasteiger partial charge in [0.2, 0.25) is 5.89 Å². The van der Waals surface area contributed by atoms with Gasteiger partial charge in [-0.25, -0.2) is 9.97 Å². The van der Waals surface area contributed by atoms with Gasteiger partial charge in [0.1, 0.15) is 11.3 Å². The Labute approximate surface area is 120 Å². The number of fused-ring (bicyclic) bond motifs is 1. The van der Waals surface area contributed by atoms with Crippen molar-refractivity contribution in [3.63, 3.8) is 0 Å². The lowest BCUT2D eigenvalue weighted by Gasteiger charge is -2.05. The molecule has 0 spiro atoms. The molecule has 0 aliphatic carbocycles. The van der Waals surface area contributed by atoms with Gasteiger partial charge in [0.25, 0.3) is 0 Å². The maximum absolute atomic E-state index is 5.85. The van der Waals surface area contributed by atoms with Crippen LogP contribution in [0.1, 0.15) is 17.3 Å². The highest BCUT2D eigenvalue weighted by atomic mass is 35.5. The third-order valence-electron chi connectivity index (χ3n) is 3.08. The van der Waals surface area contributed by atoms with E-state index in [1.807, 2.05) is 19.2 Å². The predicted octanol–water partition coefficient (Wildman–Crippen LogP) is 2.15. The van der Waals surface area contributed by atoms with Crippen molar-refractivity contribution in [2.45, 2.75) is 26.3 Å². The van der Waals surface area contributed by atoms with E-state index >= 15 is 0 Å². The van der Waals surface area contributed by atoms with E-state index in [4.69, 9.17) is 16.1 Å². The zero-order valence-corrected chi connectivity index (χ0v) is 11.8. The molecule has 0 unspecified atom stereocenters. The fourth-order valence-electron chi connectivity index (χ4n) is 2.18. The van der Waals surface area contributed by atoms with Gasteiger partial charge >= 0.3 is 0 Å². The highest BCUT2D eigenvalue weighted by Gasteiger charge is 2.12. The largest absolute Gasteiger partial charge is 0.340 e. The van der Waals surface area contributed by atoms with Crippen molar-refractivity contribution < 1.29 is 4.52 Å². The molecule has 0 aromatic carbocycles. The van der Waals surface area contributed by atoms with E-state index in [1.54, 1.807) is 0 Å². The number of imidazole rings is 1. The highest BCUT2D eigenvalue weighted by molar-refractivity contribution is 6.17. The Morgan fingerprint density at radius 1 is 1.30 bits per heavy atom. The van der Waals surface area contributed by atoms with E-state index in [1.165, 1.54) is 6.33 Å². The molecule has 0 saturated heterocycles. The summed E-state index contributed by atoms with van der Waals surface area (Å²) in [5.74, 6) is 2.08. The highest BCUT2D eigenvalue weighted by Crippen LogP contribution is 2.16. The van der Waals surface area contributed by atoms with Crippen LogP contribution in [0.15, 0.2) is 23.1 Å². The minimum absolute atomic E-state index is 0.531. The molecule has 3 aromatic rings. The van der Waals surface area contributed by atoms with Gasteiger partial charge in [-0.1, -0.05) is 5.16 Å². The lowest BCUT2D eigenvalue weighted by molar-refractivity contribution is 0.370. The van der Waals surface area contributed by atoms with Crippen molar-refractivity contribution in [2.75, 3.05) is 5.88 Å². The maximum Gasteiger partial charge on any atom is 0.228 e. The van der Waals surface area contributed by atoms with E-state index in [2.05, 4.69) is 24.7 Å². The van der Waals surface area contributed by atoms with Crippen LogP contribution in [0.2, 0.25) is 0 Å². The van der Waals surface area contributed by atoms with Gasteiger partial charge in [0, 0.05) is 31.5 Å². The second-order valence-electron chi connectivity index (χ2n) is 4.56. The van der Waals surface area contributed by atoms with Crippen molar-refractivity contribution in [1.29, 1.82) is 0 Å². The fourth-order valence-corrected chi connectivity index (χ4v) is 2.35. The number of hydrogen-bond donors (Lipinski definition) is 0. The third kappa shape index (κ3) is 2.51. The molecule has 20 heavy (non-hydrogen) atoms. The zero-order chi connectivity index (χ0) is 13.9. The Morgan fingerprint density at radius 3 is 2.95 bits per heavy atom. The van der Waals surface area contributed by atoms with Gasteiger partial charge in [-0.2, -0.15) is 4.98 Å². The summed E-state index contributed by atoms with van der Waals surface area (Å²) in [5, 5.41) is 3.61. The van der Waals surface area contributed by atoms with Crippen LogP contribution < -0.4 is 0 Å². The molecule has 7 heteroatoms. The smallest absolute Gasteiger partial charge is 0.228 e. The van der Waals surface area contributed by atoms with Crippen molar-refractivity contribution in [3.05, 3.63) is 35.9 Å². The molecule has 0 amide bonds. The molecular formula is C13H14ClN5O. The van der Waals surface area contributed by atoms with Gasteiger partial charge in [-0.3, -0.25) is 0 Å². The van der Waals surface area contributed by atoms with Crippen LogP contribution in [0.4, 0.5) is 0 Å². The first-order valence-electron chi connectivity index (χ1n) is 6.41. The number of aromatic nitrogens is 5. The standard InChI is InChI=1S/C13H14ClN5O/c1-9-6-10-13(15-7-9)19(11(18-10)2-4-14)5-3-12-16-8-17-20-12/h6-8H,2-5H2,1H3. The van der Waals surface area contributed by atoms with Crippen LogP contribution in [0.25, 0.3) is 11.2 Å². The Kier molecular flexibility index (Phi) is 3.64. The monoisotopic (exact) mass is 291 g/mol. The summed E-state index contributed by atoms with van der Waals surface area (Å²) in [4.78, 5) is 13.1. The molecule has 3 rings (SSSR count). The fraction of sp³-hybridized carbons (Fsp3) is 0.385. The first-order chi connectivity index (χ1) is 9.78. The molecule has 104 valence electrons. The number of hydrogen-bond acceptors (Lipinski definition) is 5. The maximum atomic E-state index is 5.85.